The molecule has 0 atom stereocenters. The topological polar surface area (TPSA) is 65.7 Å². The first kappa shape index (κ1) is 27.8. The van der Waals surface area contributed by atoms with E-state index in [1.54, 1.807) is 24.4 Å². The second-order valence-electron chi connectivity index (χ2n) is 10.1. The maximum absolute atomic E-state index is 13.8. The summed E-state index contributed by atoms with van der Waals surface area (Å²) >= 11 is 0. The third-order valence-electron chi connectivity index (χ3n) is 6.79. The number of ether oxygens (including phenoxy) is 2. The Morgan fingerprint density at radius 3 is 2.51 bits per heavy atom. The Hall–Kier alpha value is -4.78. The Bertz CT molecular complexity index is 1790. The van der Waals surface area contributed by atoms with Gasteiger partial charge in [0, 0.05) is 11.1 Å². The first-order valence-electron chi connectivity index (χ1n) is 13.7. The van der Waals surface area contributed by atoms with Gasteiger partial charge in [-0.05, 0) is 85.0 Å². The molecule has 208 valence electrons. The number of fused-ring (bicyclic) bond motifs is 1. The van der Waals surface area contributed by atoms with Crippen LogP contribution in [0.25, 0.3) is 22.3 Å². The van der Waals surface area contributed by atoms with Crippen LogP contribution >= 0.6 is 0 Å². The summed E-state index contributed by atoms with van der Waals surface area (Å²) in [4.78, 5) is 18.7. The monoisotopic (exact) mass is 549 g/mol. The molecule has 0 radical (unpaired) electrons. The van der Waals surface area contributed by atoms with Crippen molar-refractivity contribution in [1.82, 2.24) is 9.66 Å². The van der Waals surface area contributed by atoms with Gasteiger partial charge in [0.05, 0.1) is 23.7 Å². The average Bonchev–Trinajstić information content (AvgIpc) is 2.96. The van der Waals surface area contributed by atoms with Gasteiger partial charge in [-0.3, -0.25) is 4.79 Å². The fourth-order valence-electron chi connectivity index (χ4n) is 4.70. The Morgan fingerprint density at radius 2 is 1.73 bits per heavy atom. The van der Waals surface area contributed by atoms with Gasteiger partial charge in [-0.2, -0.15) is 9.78 Å². The number of benzene rings is 4. The lowest BCUT2D eigenvalue weighted by atomic mass is 9.96. The summed E-state index contributed by atoms with van der Waals surface area (Å²) in [5.41, 5.74) is 4.44. The van der Waals surface area contributed by atoms with E-state index in [4.69, 9.17) is 14.5 Å². The van der Waals surface area contributed by atoms with Crippen molar-refractivity contribution in [2.24, 2.45) is 5.10 Å². The molecule has 5 aromatic rings. The molecule has 0 saturated carbocycles. The maximum atomic E-state index is 13.8. The molecule has 1 heterocycles. The summed E-state index contributed by atoms with van der Waals surface area (Å²) in [5, 5.41) is 5.12. The Balaban J connectivity index is 1.61. The number of aromatic nitrogens is 2. The molecule has 0 aliphatic rings. The van der Waals surface area contributed by atoms with Gasteiger partial charge in [0.25, 0.3) is 5.56 Å². The summed E-state index contributed by atoms with van der Waals surface area (Å²) in [5.74, 6) is 1.70. The largest absolute Gasteiger partial charge is 0.494 e. The van der Waals surface area contributed by atoms with Crippen LogP contribution in [0.15, 0.2) is 94.8 Å². The molecule has 6 nitrogen and oxygen atoms in total. The van der Waals surface area contributed by atoms with Crippen LogP contribution in [0.3, 0.4) is 0 Å². The van der Waals surface area contributed by atoms with Crippen LogP contribution in [0.1, 0.15) is 48.9 Å². The second-order valence-corrected chi connectivity index (χ2v) is 10.1. The fourth-order valence-corrected chi connectivity index (χ4v) is 4.70. The van der Waals surface area contributed by atoms with Crippen molar-refractivity contribution >= 4 is 17.1 Å². The number of hydrogen-bond donors (Lipinski definition) is 0. The zero-order valence-electron chi connectivity index (χ0n) is 23.6. The first-order chi connectivity index (χ1) is 19.9. The molecule has 41 heavy (non-hydrogen) atoms. The van der Waals surface area contributed by atoms with Crippen LogP contribution < -0.4 is 15.0 Å². The number of aryl methyl sites for hydroxylation is 1. The van der Waals surface area contributed by atoms with Gasteiger partial charge < -0.3 is 9.47 Å². The van der Waals surface area contributed by atoms with Gasteiger partial charge in [-0.15, -0.1) is 0 Å². The lowest BCUT2D eigenvalue weighted by molar-refractivity contribution is 0.305. The molecule has 0 unspecified atom stereocenters. The number of para-hydroxylation sites is 2. The molecule has 0 bridgehead atoms. The van der Waals surface area contributed by atoms with E-state index in [0.717, 1.165) is 22.4 Å². The number of hydrogen-bond acceptors (Lipinski definition) is 5. The van der Waals surface area contributed by atoms with E-state index in [2.05, 4.69) is 18.9 Å². The molecule has 0 aliphatic heterocycles. The van der Waals surface area contributed by atoms with E-state index in [-0.39, 0.29) is 23.9 Å². The summed E-state index contributed by atoms with van der Waals surface area (Å²) in [6.45, 7) is 8.90. The van der Waals surface area contributed by atoms with Gasteiger partial charge in [0.15, 0.2) is 5.82 Å². The minimum absolute atomic E-state index is 0.189. The van der Waals surface area contributed by atoms with Crippen molar-refractivity contribution in [2.75, 3.05) is 6.61 Å². The van der Waals surface area contributed by atoms with Crippen molar-refractivity contribution in [2.45, 2.75) is 40.2 Å². The maximum Gasteiger partial charge on any atom is 0.282 e. The lowest BCUT2D eigenvalue weighted by Gasteiger charge is -2.18. The van der Waals surface area contributed by atoms with Crippen molar-refractivity contribution < 1.29 is 13.9 Å². The van der Waals surface area contributed by atoms with E-state index >= 15 is 0 Å². The molecule has 0 fully saturated rings. The molecule has 4 aromatic carbocycles. The van der Waals surface area contributed by atoms with Gasteiger partial charge in [-0.1, -0.05) is 50.2 Å². The first-order valence-corrected chi connectivity index (χ1v) is 13.7. The Labute approximate surface area is 238 Å². The van der Waals surface area contributed by atoms with Gasteiger partial charge in [0.2, 0.25) is 0 Å². The second kappa shape index (κ2) is 12.2. The molecular weight excluding hydrogens is 517 g/mol. The average molecular weight is 550 g/mol. The van der Waals surface area contributed by atoms with Gasteiger partial charge >= 0.3 is 0 Å². The summed E-state index contributed by atoms with van der Waals surface area (Å²) in [7, 11) is 0. The molecule has 0 aliphatic carbocycles. The molecule has 0 spiro atoms. The highest BCUT2D eigenvalue weighted by Gasteiger charge is 2.18. The van der Waals surface area contributed by atoms with E-state index in [9.17, 15) is 9.18 Å². The van der Waals surface area contributed by atoms with E-state index in [1.807, 2.05) is 68.4 Å². The molecule has 0 amide bonds. The Kier molecular flexibility index (Phi) is 8.24. The van der Waals surface area contributed by atoms with Crippen LogP contribution in [0, 0.1) is 12.7 Å². The standard InChI is InChI=1S/C34H32FN3O3/c1-5-40-32-17-23(4)29(19-28(32)22(2)3)33-37-30-15-8-7-14-27(30)34(39)38(33)36-20-25-12-6-9-16-31(25)41-21-24-11-10-13-26(35)18-24/h6-20,22H,5,21H2,1-4H3. The molecule has 1 aromatic heterocycles. The minimum atomic E-state index is -0.318. The highest BCUT2D eigenvalue weighted by atomic mass is 19.1. The summed E-state index contributed by atoms with van der Waals surface area (Å²) in [6, 6.07) is 25.0. The zero-order chi connectivity index (χ0) is 28.9. The van der Waals surface area contributed by atoms with Crippen LogP contribution in [-0.4, -0.2) is 22.5 Å². The third kappa shape index (κ3) is 6.04. The molecular formula is C34H32FN3O3. The zero-order valence-corrected chi connectivity index (χ0v) is 23.6. The SMILES string of the molecule is CCOc1cc(C)c(-c2nc3ccccc3c(=O)n2N=Cc2ccccc2OCc2cccc(F)c2)cc1C(C)C. The predicted octanol–water partition coefficient (Wildman–Crippen LogP) is 7.49. The summed E-state index contributed by atoms with van der Waals surface area (Å²) in [6.07, 6.45) is 1.59. The molecule has 0 N–H and O–H groups in total. The van der Waals surface area contributed by atoms with Crippen molar-refractivity contribution in [1.29, 1.82) is 0 Å². The van der Waals surface area contributed by atoms with Gasteiger partial charge in [-0.25, -0.2) is 9.37 Å². The normalized spacial score (nSPS) is 11.5. The van der Waals surface area contributed by atoms with Crippen molar-refractivity contribution in [3.63, 3.8) is 0 Å². The lowest BCUT2D eigenvalue weighted by Crippen LogP contribution is -2.21. The van der Waals surface area contributed by atoms with E-state index in [0.29, 0.717) is 40.2 Å². The fraction of sp³-hybridized carbons (Fsp3) is 0.206. The van der Waals surface area contributed by atoms with Crippen LogP contribution in [-0.2, 0) is 6.61 Å². The minimum Gasteiger partial charge on any atom is -0.494 e. The van der Waals surface area contributed by atoms with Crippen LogP contribution in [0.2, 0.25) is 0 Å². The van der Waals surface area contributed by atoms with Gasteiger partial charge in [0.1, 0.15) is 23.9 Å². The predicted molar refractivity (Wildman–Crippen MR) is 162 cm³/mol. The van der Waals surface area contributed by atoms with E-state index < -0.39 is 0 Å². The number of halogens is 1. The smallest absolute Gasteiger partial charge is 0.282 e. The third-order valence-corrected chi connectivity index (χ3v) is 6.79. The van der Waals surface area contributed by atoms with Crippen LogP contribution in [0.4, 0.5) is 4.39 Å². The highest BCUT2D eigenvalue weighted by molar-refractivity contribution is 5.84. The molecule has 0 saturated heterocycles. The number of rotatable bonds is 9. The van der Waals surface area contributed by atoms with E-state index in [1.165, 1.54) is 16.8 Å². The van der Waals surface area contributed by atoms with Crippen molar-refractivity contribution in [3.8, 4) is 22.9 Å². The van der Waals surface area contributed by atoms with Crippen LogP contribution in [0.5, 0.6) is 11.5 Å². The number of nitrogens with zero attached hydrogens (tertiary/aromatic N) is 3. The quantitative estimate of drug-likeness (QED) is 0.179. The molecule has 5 rings (SSSR count). The summed E-state index contributed by atoms with van der Waals surface area (Å²) < 4.78 is 26.9. The highest BCUT2D eigenvalue weighted by Crippen LogP contribution is 2.34. The van der Waals surface area contributed by atoms with Crippen molar-refractivity contribution in [3.05, 3.63) is 123 Å². The Morgan fingerprint density at radius 1 is 0.951 bits per heavy atom. The molecule has 7 heteroatoms.